The summed E-state index contributed by atoms with van der Waals surface area (Å²) in [5, 5.41) is 10.4. The van der Waals surface area contributed by atoms with Crippen molar-refractivity contribution in [2.75, 3.05) is 0 Å². The van der Waals surface area contributed by atoms with Crippen molar-refractivity contribution < 1.29 is 18.3 Å². The number of hydrogen-bond acceptors (Lipinski definition) is 4. The average Bonchev–Trinajstić information content (AvgIpc) is 2.82. The van der Waals surface area contributed by atoms with Crippen molar-refractivity contribution in [1.29, 1.82) is 0 Å². The summed E-state index contributed by atoms with van der Waals surface area (Å²) >= 11 is 0. The highest BCUT2D eigenvalue weighted by molar-refractivity contribution is 7.90. The van der Waals surface area contributed by atoms with Crippen molar-refractivity contribution in [1.82, 2.24) is 3.97 Å². The highest BCUT2D eigenvalue weighted by Crippen LogP contribution is 2.34. The number of nitrogens with two attached hydrogens (primary N) is 1. The van der Waals surface area contributed by atoms with Crippen LogP contribution in [0.25, 0.3) is 10.9 Å². The summed E-state index contributed by atoms with van der Waals surface area (Å²) in [6, 6.07) is 13.9. The van der Waals surface area contributed by atoms with Crippen molar-refractivity contribution in [3.63, 3.8) is 0 Å². The van der Waals surface area contributed by atoms with Gasteiger partial charge in [0.1, 0.15) is 0 Å². The van der Waals surface area contributed by atoms with Crippen LogP contribution >= 0.6 is 0 Å². The van der Waals surface area contributed by atoms with E-state index in [1.165, 1.54) is 24.3 Å². The van der Waals surface area contributed by atoms with E-state index in [-0.39, 0.29) is 15.8 Å². The van der Waals surface area contributed by atoms with Crippen LogP contribution in [0.4, 0.5) is 0 Å². The predicted octanol–water partition coefficient (Wildman–Crippen LogP) is 1.68. The third-order valence-corrected chi connectivity index (χ3v) is 5.05. The topological polar surface area (TPSA) is 102 Å². The lowest BCUT2D eigenvalue weighted by Crippen LogP contribution is -2.22. The standard InChI is InChI=1S/C15H12N2O4S/c16-15(19)13-14(18)11-8-4-5-9-12(11)17(13)22(20,21)10-6-2-1-3-7-10/h1-9,18H,(H2,16,19). The van der Waals surface area contributed by atoms with Crippen LogP contribution in [0.1, 0.15) is 10.5 Å². The molecule has 0 saturated heterocycles. The first kappa shape index (κ1) is 14.2. The van der Waals surface area contributed by atoms with Crippen molar-refractivity contribution in [2.45, 2.75) is 4.90 Å². The number of carbonyl (C=O) groups excluding carboxylic acids is 1. The van der Waals surface area contributed by atoms with Gasteiger partial charge in [-0.1, -0.05) is 30.3 Å². The van der Waals surface area contributed by atoms with Gasteiger partial charge in [0, 0.05) is 5.39 Å². The van der Waals surface area contributed by atoms with Gasteiger partial charge in [-0.25, -0.2) is 12.4 Å². The van der Waals surface area contributed by atoms with Crippen LogP contribution in [0.2, 0.25) is 0 Å². The van der Waals surface area contributed by atoms with Crippen LogP contribution in [-0.4, -0.2) is 23.4 Å². The van der Waals surface area contributed by atoms with Crippen molar-refractivity contribution >= 4 is 26.8 Å². The van der Waals surface area contributed by atoms with Gasteiger partial charge in [-0.15, -0.1) is 0 Å². The Morgan fingerprint density at radius 2 is 1.59 bits per heavy atom. The van der Waals surface area contributed by atoms with Gasteiger partial charge < -0.3 is 10.8 Å². The Morgan fingerprint density at radius 1 is 1.00 bits per heavy atom. The second-order valence-electron chi connectivity index (χ2n) is 4.66. The Bertz CT molecular complexity index is 975. The number of aromatic hydroxyl groups is 1. The number of hydrogen-bond donors (Lipinski definition) is 2. The molecule has 0 fully saturated rings. The molecule has 3 aromatic rings. The Morgan fingerprint density at radius 3 is 2.23 bits per heavy atom. The second kappa shape index (κ2) is 4.88. The van der Waals surface area contributed by atoms with E-state index in [1.54, 1.807) is 30.3 Å². The molecule has 1 aromatic heterocycles. The van der Waals surface area contributed by atoms with E-state index in [4.69, 9.17) is 5.73 Å². The molecule has 0 bridgehead atoms. The summed E-state index contributed by atoms with van der Waals surface area (Å²) < 4.78 is 26.4. The van der Waals surface area contributed by atoms with Crippen molar-refractivity contribution in [3.05, 3.63) is 60.3 Å². The first-order chi connectivity index (χ1) is 10.4. The molecular weight excluding hydrogens is 304 g/mol. The zero-order valence-corrected chi connectivity index (χ0v) is 12.1. The molecule has 0 spiro atoms. The van der Waals surface area contributed by atoms with Crippen LogP contribution in [-0.2, 0) is 10.0 Å². The highest BCUT2D eigenvalue weighted by atomic mass is 32.2. The van der Waals surface area contributed by atoms with E-state index < -0.39 is 27.4 Å². The first-order valence-electron chi connectivity index (χ1n) is 6.37. The predicted molar refractivity (Wildman–Crippen MR) is 81.1 cm³/mol. The molecule has 0 aliphatic heterocycles. The summed E-state index contributed by atoms with van der Waals surface area (Å²) in [5.74, 6) is -1.46. The van der Waals surface area contributed by atoms with Gasteiger partial charge in [0.15, 0.2) is 11.4 Å². The lowest BCUT2D eigenvalue weighted by atomic mass is 10.2. The lowest BCUT2D eigenvalue weighted by molar-refractivity contribution is 0.0992. The van der Waals surface area contributed by atoms with Crippen LogP contribution in [0.5, 0.6) is 5.75 Å². The Labute approximate surface area is 126 Å². The van der Waals surface area contributed by atoms with E-state index in [1.807, 2.05) is 0 Å². The zero-order chi connectivity index (χ0) is 15.9. The van der Waals surface area contributed by atoms with Gasteiger partial charge in [0.2, 0.25) is 0 Å². The minimum atomic E-state index is -4.06. The minimum absolute atomic E-state index is 0.00162. The Hall–Kier alpha value is -2.80. The van der Waals surface area contributed by atoms with Crippen LogP contribution in [0, 0.1) is 0 Å². The van der Waals surface area contributed by atoms with Crippen molar-refractivity contribution in [3.8, 4) is 5.75 Å². The summed E-state index contributed by atoms with van der Waals surface area (Å²) in [6.07, 6.45) is 0. The van der Waals surface area contributed by atoms with Crippen molar-refractivity contribution in [2.24, 2.45) is 5.73 Å². The maximum absolute atomic E-state index is 12.8. The Kier molecular flexibility index (Phi) is 3.14. The molecule has 0 radical (unpaired) electrons. The highest BCUT2D eigenvalue weighted by Gasteiger charge is 2.29. The number of carbonyl (C=O) groups is 1. The number of nitrogens with zero attached hydrogens (tertiary/aromatic N) is 1. The van der Waals surface area contributed by atoms with Crippen LogP contribution < -0.4 is 5.73 Å². The maximum atomic E-state index is 12.8. The number of rotatable bonds is 3. The Balaban J connectivity index is 2.45. The molecule has 0 unspecified atom stereocenters. The summed E-state index contributed by atoms with van der Waals surface area (Å²) in [4.78, 5) is 11.7. The van der Waals surface area contributed by atoms with Gasteiger partial charge in [-0.2, -0.15) is 0 Å². The third kappa shape index (κ3) is 1.94. The zero-order valence-electron chi connectivity index (χ0n) is 11.3. The molecule has 2 aromatic carbocycles. The molecule has 6 nitrogen and oxygen atoms in total. The molecule has 3 rings (SSSR count). The SMILES string of the molecule is NC(=O)c1c(O)c2ccccc2n1S(=O)(=O)c1ccccc1. The van der Waals surface area contributed by atoms with Crippen LogP contribution in [0.15, 0.2) is 59.5 Å². The molecule has 22 heavy (non-hydrogen) atoms. The number of aromatic nitrogens is 1. The van der Waals surface area contributed by atoms with Gasteiger partial charge in [-0.3, -0.25) is 4.79 Å². The molecule has 0 aliphatic carbocycles. The molecule has 0 aliphatic rings. The number of para-hydroxylation sites is 1. The molecule has 1 heterocycles. The van der Waals surface area contributed by atoms with Gasteiger partial charge in [-0.05, 0) is 24.3 Å². The van der Waals surface area contributed by atoms with E-state index in [9.17, 15) is 18.3 Å². The number of primary amides is 1. The quantitative estimate of drug-likeness (QED) is 0.767. The number of fused-ring (bicyclic) bond motifs is 1. The van der Waals surface area contributed by atoms with Gasteiger partial charge in [0.25, 0.3) is 15.9 Å². The van der Waals surface area contributed by atoms with Crippen LogP contribution in [0.3, 0.4) is 0 Å². The number of benzene rings is 2. The molecular formula is C15H12N2O4S. The summed E-state index contributed by atoms with van der Waals surface area (Å²) in [5.41, 5.74) is 5.01. The maximum Gasteiger partial charge on any atom is 0.270 e. The third-order valence-electron chi connectivity index (χ3n) is 3.32. The van der Waals surface area contributed by atoms with E-state index >= 15 is 0 Å². The molecule has 3 N–H and O–H groups in total. The fraction of sp³-hybridized carbons (Fsp3) is 0. The summed E-state index contributed by atoms with van der Waals surface area (Å²) in [6.45, 7) is 0. The molecule has 0 atom stereocenters. The first-order valence-corrected chi connectivity index (χ1v) is 7.81. The largest absolute Gasteiger partial charge is 0.505 e. The molecule has 0 saturated carbocycles. The van der Waals surface area contributed by atoms with Gasteiger partial charge in [0.05, 0.1) is 10.4 Å². The fourth-order valence-electron chi connectivity index (χ4n) is 2.36. The van der Waals surface area contributed by atoms with Gasteiger partial charge >= 0.3 is 0 Å². The van der Waals surface area contributed by atoms with E-state index in [0.717, 1.165) is 3.97 Å². The normalized spacial score (nSPS) is 11.6. The molecule has 7 heteroatoms. The fourth-order valence-corrected chi connectivity index (χ4v) is 3.91. The minimum Gasteiger partial charge on any atom is -0.505 e. The molecule has 1 amide bonds. The number of amides is 1. The van der Waals surface area contributed by atoms with E-state index in [0.29, 0.717) is 0 Å². The van der Waals surface area contributed by atoms with E-state index in [2.05, 4.69) is 0 Å². The average molecular weight is 316 g/mol. The molecule has 112 valence electrons. The summed E-state index contributed by atoms with van der Waals surface area (Å²) in [7, 11) is -4.06. The second-order valence-corrected chi connectivity index (χ2v) is 6.45. The monoisotopic (exact) mass is 316 g/mol. The lowest BCUT2D eigenvalue weighted by Gasteiger charge is -2.10. The smallest absolute Gasteiger partial charge is 0.270 e.